The summed E-state index contributed by atoms with van der Waals surface area (Å²) in [6.07, 6.45) is 4.46. The summed E-state index contributed by atoms with van der Waals surface area (Å²) in [7, 11) is 0. The third kappa shape index (κ3) is 4.29. The number of nitro groups is 1. The molecule has 1 heterocycles. The smallest absolute Gasteiger partial charge is 0.276 e. The zero-order chi connectivity index (χ0) is 15.3. The number of nitrogens with one attached hydrogen (secondary N) is 2. The summed E-state index contributed by atoms with van der Waals surface area (Å²) in [6, 6.07) is 2.82. The number of aliphatic hydroxyl groups is 1. The van der Waals surface area contributed by atoms with Crippen LogP contribution in [0.2, 0.25) is 0 Å². The summed E-state index contributed by atoms with van der Waals surface area (Å²) in [4.78, 5) is 14.8. The number of pyridine rings is 1. The van der Waals surface area contributed by atoms with Gasteiger partial charge < -0.3 is 15.7 Å². The molecule has 0 aromatic carbocycles. The minimum Gasteiger partial charge on any atom is -0.388 e. The Hall–Kier alpha value is -1.89. The Morgan fingerprint density at radius 2 is 1.95 bits per heavy atom. The number of anilines is 2. The zero-order valence-electron chi connectivity index (χ0n) is 12.3. The highest BCUT2D eigenvalue weighted by molar-refractivity contribution is 5.54. The molecule has 2 rings (SSSR count). The molecule has 116 valence electrons. The third-order valence-corrected chi connectivity index (χ3v) is 3.71. The molecule has 1 fully saturated rings. The van der Waals surface area contributed by atoms with Crippen LogP contribution in [0.25, 0.3) is 0 Å². The van der Waals surface area contributed by atoms with Crippen LogP contribution in [0.4, 0.5) is 17.3 Å². The molecule has 3 N–H and O–H groups in total. The van der Waals surface area contributed by atoms with Gasteiger partial charge in [0.25, 0.3) is 5.69 Å². The highest BCUT2D eigenvalue weighted by Crippen LogP contribution is 2.30. The standard InChI is InChI=1S/C14H22N4O3/c1-2-7-15-12-8-11(18(20)21)9-13(17-12)16-10-14(19)5-3-4-6-14/h8-9,19H,2-7,10H2,1H3,(H2,15,16,17). The van der Waals surface area contributed by atoms with E-state index in [9.17, 15) is 15.2 Å². The van der Waals surface area contributed by atoms with Crippen LogP contribution in [0.3, 0.4) is 0 Å². The minimum absolute atomic E-state index is 0.00971. The fourth-order valence-electron chi connectivity index (χ4n) is 2.52. The lowest BCUT2D eigenvalue weighted by Gasteiger charge is -2.22. The SMILES string of the molecule is CCCNc1cc([N+](=O)[O-])cc(NCC2(O)CCCC2)n1. The average Bonchev–Trinajstić information content (AvgIpc) is 2.90. The van der Waals surface area contributed by atoms with E-state index in [0.29, 0.717) is 24.7 Å². The van der Waals surface area contributed by atoms with Crippen molar-refractivity contribution < 1.29 is 10.0 Å². The summed E-state index contributed by atoms with van der Waals surface area (Å²) in [5, 5.41) is 27.4. The van der Waals surface area contributed by atoms with Crippen molar-refractivity contribution in [3.8, 4) is 0 Å². The number of aromatic nitrogens is 1. The van der Waals surface area contributed by atoms with Crippen LogP contribution < -0.4 is 10.6 Å². The summed E-state index contributed by atoms with van der Waals surface area (Å²) in [5.74, 6) is 0.898. The van der Waals surface area contributed by atoms with Gasteiger partial charge in [0.2, 0.25) is 0 Å². The van der Waals surface area contributed by atoms with Crippen LogP contribution in [0, 0.1) is 10.1 Å². The molecule has 0 radical (unpaired) electrons. The van der Waals surface area contributed by atoms with E-state index >= 15 is 0 Å². The van der Waals surface area contributed by atoms with Gasteiger partial charge in [-0.15, -0.1) is 0 Å². The number of rotatable bonds is 7. The molecule has 0 spiro atoms. The lowest BCUT2D eigenvalue weighted by atomic mass is 10.0. The van der Waals surface area contributed by atoms with Crippen molar-refractivity contribution in [3.63, 3.8) is 0 Å². The van der Waals surface area contributed by atoms with Gasteiger partial charge in [-0.25, -0.2) is 4.98 Å². The van der Waals surface area contributed by atoms with Crippen molar-refractivity contribution in [1.29, 1.82) is 0 Å². The van der Waals surface area contributed by atoms with Crippen molar-refractivity contribution in [2.45, 2.75) is 44.6 Å². The van der Waals surface area contributed by atoms with E-state index in [1.165, 1.54) is 12.1 Å². The topological polar surface area (TPSA) is 100 Å². The molecule has 7 nitrogen and oxygen atoms in total. The van der Waals surface area contributed by atoms with Crippen molar-refractivity contribution in [3.05, 3.63) is 22.2 Å². The number of hydrogen-bond acceptors (Lipinski definition) is 6. The fraction of sp³-hybridized carbons (Fsp3) is 0.643. The zero-order valence-corrected chi connectivity index (χ0v) is 12.3. The van der Waals surface area contributed by atoms with E-state index in [4.69, 9.17) is 0 Å². The first-order valence-electron chi connectivity index (χ1n) is 7.39. The summed E-state index contributed by atoms with van der Waals surface area (Å²) < 4.78 is 0. The molecule has 1 saturated carbocycles. The summed E-state index contributed by atoms with van der Waals surface area (Å²) >= 11 is 0. The molecule has 1 aliphatic rings. The Labute approximate surface area is 123 Å². The Balaban J connectivity index is 2.09. The van der Waals surface area contributed by atoms with Gasteiger partial charge >= 0.3 is 0 Å². The molecular formula is C14H22N4O3. The van der Waals surface area contributed by atoms with E-state index in [1.54, 1.807) is 0 Å². The maximum absolute atomic E-state index is 11.0. The largest absolute Gasteiger partial charge is 0.388 e. The van der Waals surface area contributed by atoms with Crippen LogP contribution in [-0.2, 0) is 0 Å². The first-order chi connectivity index (χ1) is 10.0. The van der Waals surface area contributed by atoms with Crippen LogP contribution >= 0.6 is 0 Å². The Morgan fingerprint density at radius 1 is 1.33 bits per heavy atom. The monoisotopic (exact) mass is 294 g/mol. The molecule has 0 atom stereocenters. The van der Waals surface area contributed by atoms with Crippen molar-refractivity contribution >= 4 is 17.3 Å². The van der Waals surface area contributed by atoms with Crippen molar-refractivity contribution in [2.24, 2.45) is 0 Å². The van der Waals surface area contributed by atoms with Crippen LogP contribution in [0.1, 0.15) is 39.0 Å². The van der Waals surface area contributed by atoms with Gasteiger partial charge in [-0.3, -0.25) is 10.1 Å². The van der Waals surface area contributed by atoms with E-state index in [0.717, 1.165) is 32.1 Å². The van der Waals surface area contributed by atoms with E-state index in [2.05, 4.69) is 15.6 Å². The highest BCUT2D eigenvalue weighted by atomic mass is 16.6. The second-order valence-corrected chi connectivity index (χ2v) is 5.56. The Bertz CT molecular complexity index is 501. The van der Waals surface area contributed by atoms with Gasteiger partial charge in [0.1, 0.15) is 11.6 Å². The molecule has 0 unspecified atom stereocenters. The van der Waals surface area contributed by atoms with Crippen LogP contribution in [0.15, 0.2) is 12.1 Å². The highest BCUT2D eigenvalue weighted by Gasteiger charge is 2.30. The molecule has 21 heavy (non-hydrogen) atoms. The molecule has 0 bridgehead atoms. The summed E-state index contributed by atoms with van der Waals surface area (Å²) in [6.45, 7) is 3.09. The van der Waals surface area contributed by atoms with E-state index < -0.39 is 10.5 Å². The first-order valence-corrected chi connectivity index (χ1v) is 7.39. The first kappa shape index (κ1) is 15.5. The van der Waals surface area contributed by atoms with Crippen LogP contribution in [0.5, 0.6) is 0 Å². The third-order valence-electron chi connectivity index (χ3n) is 3.71. The molecule has 7 heteroatoms. The average molecular weight is 294 g/mol. The normalized spacial score (nSPS) is 16.7. The van der Waals surface area contributed by atoms with Crippen molar-refractivity contribution in [2.75, 3.05) is 23.7 Å². The second kappa shape index (κ2) is 6.71. The van der Waals surface area contributed by atoms with E-state index in [1.807, 2.05) is 6.92 Å². The van der Waals surface area contributed by atoms with Gasteiger partial charge in [-0.2, -0.15) is 0 Å². The molecule has 0 saturated heterocycles. The van der Waals surface area contributed by atoms with Crippen molar-refractivity contribution in [1.82, 2.24) is 4.98 Å². The van der Waals surface area contributed by atoms with Gasteiger partial charge in [0.15, 0.2) is 0 Å². The molecule has 1 aliphatic carbocycles. The van der Waals surface area contributed by atoms with Gasteiger partial charge in [0, 0.05) is 13.1 Å². The molecule has 1 aromatic rings. The number of nitrogens with zero attached hydrogens (tertiary/aromatic N) is 2. The molecular weight excluding hydrogens is 272 g/mol. The predicted molar refractivity (Wildman–Crippen MR) is 81.6 cm³/mol. The molecule has 1 aromatic heterocycles. The lowest BCUT2D eigenvalue weighted by Crippen LogP contribution is -2.33. The quantitative estimate of drug-likeness (QED) is 0.528. The minimum atomic E-state index is -0.719. The maximum atomic E-state index is 11.0. The summed E-state index contributed by atoms with van der Waals surface area (Å²) in [5.41, 5.74) is -0.729. The Kier molecular flexibility index (Phi) is 4.95. The maximum Gasteiger partial charge on any atom is 0.276 e. The number of hydrogen-bond donors (Lipinski definition) is 3. The lowest BCUT2D eigenvalue weighted by molar-refractivity contribution is -0.384. The van der Waals surface area contributed by atoms with Gasteiger partial charge in [0.05, 0.1) is 22.7 Å². The Morgan fingerprint density at radius 3 is 2.52 bits per heavy atom. The fourth-order valence-corrected chi connectivity index (χ4v) is 2.52. The second-order valence-electron chi connectivity index (χ2n) is 5.56. The molecule has 0 aliphatic heterocycles. The predicted octanol–water partition coefficient (Wildman–Crippen LogP) is 2.53. The van der Waals surface area contributed by atoms with Gasteiger partial charge in [-0.05, 0) is 19.3 Å². The molecule has 0 amide bonds. The van der Waals surface area contributed by atoms with Gasteiger partial charge in [-0.1, -0.05) is 19.8 Å². The van der Waals surface area contributed by atoms with E-state index in [-0.39, 0.29) is 5.69 Å². The van der Waals surface area contributed by atoms with Crippen LogP contribution in [-0.4, -0.2) is 33.7 Å².